The maximum absolute atomic E-state index is 15.0. The number of halogens is 1. The van der Waals surface area contributed by atoms with Gasteiger partial charge in [-0.25, -0.2) is 9.37 Å². The van der Waals surface area contributed by atoms with Gasteiger partial charge in [0.1, 0.15) is 17.7 Å². The molecule has 3 aliphatic rings. The number of methoxy groups -OCH3 is 1. The lowest BCUT2D eigenvalue weighted by Crippen LogP contribution is -2.32. The average molecular weight is 454 g/mol. The molecule has 2 atom stereocenters. The molecule has 1 aromatic carbocycles. The van der Waals surface area contributed by atoms with E-state index in [9.17, 15) is 18.8 Å². The van der Waals surface area contributed by atoms with Crippen LogP contribution in [0.3, 0.4) is 0 Å². The number of Topliss-reactive ketones (excluding diaryl/α,β-unsaturated/α-hetero) is 1. The van der Waals surface area contributed by atoms with Crippen molar-refractivity contribution < 1.29 is 33.0 Å². The van der Waals surface area contributed by atoms with Crippen molar-refractivity contribution in [1.29, 1.82) is 0 Å². The molecule has 2 heterocycles. The Morgan fingerprint density at radius 2 is 2.00 bits per heavy atom. The lowest BCUT2D eigenvalue weighted by molar-refractivity contribution is -0.141. The number of carbonyl (C=O) groups excluding carboxylic acids is 3. The summed E-state index contributed by atoms with van der Waals surface area (Å²) in [4.78, 5) is 42.7. The summed E-state index contributed by atoms with van der Waals surface area (Å²) in [6, 6.07) is 6.18. The highest BCUT2D eigenvalue weighted by Gasteiger charge is 2.38. The van der Waals surface area contributed by atoms with Gasteiger partial charge < -0.3 is 19.1 Å². The fraction of sp³-hybridized carbons (Fsp3) is 0.417. The Morgan fingerprint density at radius 1 is 1.18 bits per heavy atom. The van der Waals surface area contributed by atoms with E-state index in [0.29, 0.717) is 30.3 Å². The quantitative estimate of drug-likeness (QED) is 0.593. The van der Waals surface area contributed by atoms with Gasteiger partial charge in [0.2, 0.25) is 5.88 Å². The second kappa shape index (κ2) is 8.46. The summed E-state index contributed by atoms with van der Waals surface area (Å²) in [5, 5.41) is 0. The van der Waals surface area contributed by atoms with E-state index in [-0.39, 0.29) is 41.8 Å². The number of rotatable bonds is 7. The van der Waals surface area contributed by atoms with Crippen molar-refractivity contribution in [3.63, 3.8) is 0 Å². The summed E-state index contributed by atoms with van der Waals surface area (Å²) in [6.07, 6.45) is 3.48. The summed E-state index contributed by atoms with van der Waals surface area (Å²) < 4.78 is 31.1. The summed E-state index contributed by atoms with van der Waals surface area (Å²) in [5.74, 6) is -1.26. The lowest BCUT2D eigenvalue weighted by Gasteiger charge is -2.19. The van der Waals surface area contributed by atoms with Crippen LogP contribution in [0.1, 0.15) is 53.9 Å². The van der Waals surface area contributed by atoms with Crippen molar-refractivity contribution in [1.82, 2.24) is 4.98 Å². The average Bonchev–Trinajstić information content (AvgIpc) is 3.47. The van der Waals surface area contributed by atoms with Crippen LogP contribution in [0, 0.1) is 5.82 Å². The second-order valence-corrected chi connectivity index (χ2v) is 8.53. The third kappa shape index (κ3) is 4.27. The van der Waals surface area contributed by atoms with E-state index in [2.05, 4.69) is 9.72 Å². The molecule has 5 rings (SSSR count). The highest BCUT2D eigenvalue weighted by atomic mass is 19.1. The number of hydrogen-bond acceptors (Lipinski definition) is 7. The molecule has 1 aromatic heterocycles. The highest BCUT2D eigenvalue weighted by Crippen LogP contribution is 2.40. The van der Waals surface area contributed by atoms with E-state index in [1.807, 2.05) is 0 Å². The van der Waals surface area contributed by atoms with Crippen LogP contribution in [0.5, 0.6) is 11.6 Å². The van der Waals surface area contributed by atoms with Crippen LogP contribution in [-0.4, -0.2) is 48.5 Å². The Labute approximate surface area is 189 Å². The maximum Gasteiger partial charge on any atom is 0.306 e. The second-order valence-electron chi connectivity index (χ2n) is 8.53. The molecule has 1 aliphatic heterocycles. The first-order valence-electron chi connectivity index (χ1n) is 11.0. The van der Waals surface area contributed by atoms with Crippen molar-refractivity contribution in [3.05, 3.63) is 47.4 Å². The van der Waals surface area contributed by atoms with Gasteiger partial charge in [0.05, 0.1) is 19.7 Å². The van der Waals surface area contributed by atoms with Crippen molar-refractivity contribution in [2.45, 2.75) is 50.2 Å². The molecule has 2 unspecified atom stereocenters. The van der Waals surface area contributed by atoms with Crippen molar-refractivity contribution in [2.24, 2.45) is 0 Å². The Kier molecular flexibility index (Phi) is 5.47. The number of fused-ring (bicyclic) bond motifs is 1. The number of pyridine rings is 1. The van der Waals surface area contributed by atoms with Gasteiger partial charge in [0.15, 0.2) is 11.9 Å². The first-order chi connectivity index (χ1) is 15.9. The number of benzene rings is 1. The molecule has 2 fully saturated rings. The number of nitrogens with zero attached hydrogens (tertiary/aromatic N) is 2. The minimum absolute atomic E-state index is 0.0396. The number of amides is 1. The van der Waals surface area contributed by atoms with E-state index >= 15 is 0 Å². The topological polar surface area (TPSA) is 95.0 Å². The van der Waals surface area contributed by atoms with Gasteiger partial charge in [-0.3, -0.25) is 14.4 Å². The fourth-order valence-corrected chi connectivity index (χ4v) is 4.35. The molecule has 1 saturated heterocycles. The molecule has 2 aliphatic carbocycles. The lowest BCUT2D eigenvalue weighted by atomic mass is 9.97. The third-order valence-electron chi connectivity index (χ3n) is 6.16. The number of esters is 1. The van der Waals surface area contributed by atoms with Crippen LogP contribution in [0.15, 0.2) is 30.5 Å². The largest absolute Gasteiger partial charge is 0.479 e. The number of ether oxygens (including phenoxy) is 3. The van der Waals surface area contributed by atoms with Crippen LogP contribution in [0.4, 0.5) is 10.1 Å². The molecule has 2 aromatic rings. The zero-order valence-electron chi connectivity index (χ0n) is 18.1. The fourth-order valence-electron chi connectivity index (χ4n) is 4.35. The van der Waals surface area contributed by atoms with Crippen molar-refractivity contribution >= 4 is 23.3 Å². The van der Waals surface area contributed by atoms with Crippen LogP contribution in [0.2, 0.25) is 0 Å². The molecule has 9 heteroatoms. The maximum atomic E-state index is 15.0. The molecule has 33 heavy (non-hydrogen) atoms. The highest BCUT2D eigenvalue weighted by molar-refractivity contribution is 6.05. The molecule has 0 bridgehead atoms. The minimum atomic E-state index is -0.735. The van der Waals surface area contributed by atoms with Gasteiger partial charge in [0.25, 0.3) is 5.91 Å². The van der Waals surface area contributed by atoms with Crippen LogP contribution >= 0.6 is 0 Å². The summed E-state index contributed by atoms with van der Waals surface area (Å²) in [6.45, 7) is 0.331. The minimum Gasteiger partial charge on any atom is -0.479 e. The predicted molar refractivity (Wildman–Crippen MR) is 114 cm³/mol. The van der Waals surface area contributed by atoms with Gasteiger partial charge in [-0.1, -0.05) is 0 Å². The van der Waals surface area contributed by atoms with E-state index in [1.165, 1.54) is 30.3 Å². The molecular formula is C24H23FN2O6. The molecule has 172 valence electrons. The van der Waals surface area contributed by atoms with Crippen LogP contribution in [0.25, 0.3) is 0 Å². The number of aromatic nitrogens is 1. The molecule has 0 spiro atoms. The van der Waals surface area contributed by atoms with E-state index in [0.717, 1.165) is 12.8 Å². The third-order valence-corrected chi connectivity index (χ3v) is 6.16. The number of carbonyl (C=O) groups is 3. The first kappa shape index (κ1) is 21.4. The monoisotopic (exact) mass is 454 g/mol. The molecule has 0 N–H and O–H groups in total. The molecule has 0 radical (unpaired) electrons. The van der Waals surface area contributed by atoms with Crippen LogP contribution in [-0.2, 0) is 14.3 Å². The normalized spacial score (nSPS) is 21.8. The SMILES string of the molecule is COC(=O)CC1CC(=O)c2cc(N3CCC(Oc4ccc(OC5CC5)nc4)C3=O)cc(F)c21. The standard InChI is InChI=1S/C24H23FN2O6/c1-31-22(29)9-13-8-19(28)17-10-14(11-18(25)23(13)17)27-7-6-20(24(27)30)32-16-4-5-21(26-12-16)33-15-2-3-15/h4-5,10-13,15,20H,2-3,6-9H2,1H3. The summed E-state index contributed by atoms with van der Waals surface area (Å²) >= 11 is 0. The Hall–Kier alpha value is -3.49. The zero-order valence-corrected chi connectivity index (χ0v) is 18.1. The molecule has 1 amide bonds. The van der Waals surface area contributed by atoms with Gasteiger partial charge in [-0.15, -0.1) is 0 Å². The van der Waals surface area contributed by atoms with Gasteiger partial charge in [-0.2, -0.15) is 0 Å². The number of ketones is 1. The van der Waals surface area contributed by atoms with Crippen LogP contribution < -0.4 is 14.4 Å². The van der Waals surface area contributed by atoms with E-state index < -0.39 is 23.8 Å². The smallest absolute Gasteiger partial charge is 0.306 e. The van der Waals surface area contributed by atoms with Gasteiger partial charge >= 0.3 is 5.97 Å². The molecular weight excluding hydrogens is 431 g/mol. The van der Waals surface area contributed by atoms with Gasteiger partial charge in [0, 0.05) is 48.2 Å². The first-order valence-corrected chi connectivity index (χ1v) is 11.0. The van der Waals surface area contributed by atoms with E-state index in [1.54, 1.807) is 12.1 Å². The molecule has 1 saturated carbocycles. The molecule has 8 nitrogen and oxygen atoms in total. The zero-order chi connectivity index (χ0) is 23.1. The van der Waals surface area contributed by atoms with E-state index in [4.69, 9.17) is 9.47 Å². The predicted octanol–water partition coefficient (Wildman–Crippen LogP) is 3.18. The summed E-state index contributed by atoms with van der Waals surface area (Å²) in [7, 11) is 1.25. The number of anilines is 1. The Morgan fingerprint density at radius 3 is 2.70 bits per heavy atom. The van der Waals surface area contributed by atoms with Gasteiger partial charge in [-0.05, 0) is 31.0 Å². The number of hydrogen-bond donors (Lipinski definition) is 0. The summed E-state index contributed by atoms with van der Waals surface area (Å²) in [5.41, 5.74) is 0.737. The van der Waals surface area contributed by atoms with Crippen molar-refractivity contribution in [3.8, 4) is 11.6 Å². The van der Waals surface area contributed by atoms with Crippen molar-refractivity contribution in [2.75, 3.05) is 18.6 Å². The Balaban J connectivity index is 1.30. The Bertz CT molecular complexity index is 1110.